The molecule has 0 atom stereocenters. The lowest BCUT2D eigenvalue weighted by Gasteiger charge is -2.23. The first-order chi connectivity index (χ1) is 15.5. The Morgan fingerprint density at radius 3 is 2.21 bits per heavy atom. The molecule has 3 rings (SSSR count). The zero-order valence-corrected chi connectivity index (χ0v) is 20.9. The Labute approximate surface area is 211 Å². The van der Waals surface area contributed by atoms with E-state index in [1.807, 2.05) is 6.92 Å². The number of carbonyl (C=O) groups is 1. The Hall–Kier alpha value is -1.87. The van der Waals surface area contributed by atoms with Crippen molar-refractivity contribution in [3.05, 3.63) is 91.6 Å². The van der Waals surface area contributed by atoms with Gasteiger partial charge in [-0.3, -0.25) is 4.79 Å². The molecule has 0 fully saturated rings. The van der Waals surface area contributed by atoms with Gasteiger partial charge in [0.25, 0.3) is 0 Å². The van der Waals surface area contributed by atoms with Gasteiger partial charge in [0, 0.05) is 17.1 Å². The average molecular weight is 550 g/mol. The van der Waals surface area contributed by atoms with E-state index < -0.39 is 34.8 Å². The van der Waals surface area contributed by atoms with E-state index in [0.29, 0.717) is 0 Å². The third kappa shape index (κ3) is 6.18. The molecule has 0 saturated heterocycles. The third-order valence-corrected chi connectivity index (χ3v) is 7.85. The maximum atomic E-state index is 14.4. The Kier molecular flexibility index (Phi) is 8.26. The van der Waals surface area contributed by atoms with Gasteiger partial charge >= 0.3 is 0 Å². The summed E-state index contributed by atoms with van der Waals surface area (Å²) in [6.07, 6.45) is 0. The van der Waals surface area contributed by atoms with Crippen LogP contribution in [0, 0.1) is 12.7 Å². The minimum absolute atomic E-state index is 0.0343. The molecule has 1 amide bonds. The molecular formula is C22H17Cl4FN2O3S. The fourth-order valence-corrected chi connectivity index (χ4v) is 5.09. The molecule has 33 heavy (non-hydrogen) atoms. The second kappa shape index (κ2) is 10.6. The molecule has 0 aromatic heterocycles. The highest BCUT2D eigenvalue weighted by Gasteiger charge is 2.29. The highest BCUT2D eigenvalue weighted by atomic mass is 35.5. The number of anilines is 1. The van der Waals surface area contributed by atoms with E-state index in [0.717, 1.165) is 15.9 Å². The summed E-state index contributed by atoms with van der Waals surface area (Å²) in [4.78, 5) is 12.7. The molecule has 3 aromatic rings. The Bertz CT molecular complexity index is 1280. The lowest BCUT2D eigenvalue weighted by molar-refractivity contribution is -0.116. The number of rotatable bonds is 7. The van der Waals surface area contributed by atoms with Crippen LogP contribution < -0.4 is 5.32 Å². The molecule has 0 aliphatic rings. The second-order valence-electron chi connectivity index (χ2n) is 7.08. The van der Waals surface area contributed by atoms with E-state index >= 15 is 0 Å². The number of nitrogens with one attached hydrogen (secondary N) is 1. The summed E-state index contributed by atoms with van der Waals surface area (Å²) < 4.78 is 41.9. The SMILES string of the molecule is Cc1ccc(S(=O)(=O)N(CC(=O)Nc2cc(Cl)c(Cl)cc2Cl)Cc2c(F)cccc2Cl)cc1. The summed E-state index contributed by atoms with van der Waals surface area (Å²) >= 11 is 24.1. The van der Waals surface area contributed by atoms with Crippen LogP contribution in [-0.4, -0.2) is 25.2 Å². The summed E-state index contributed by atoms with van der Waals surface area (Å²) in [6.45, 7) is 0.698. The fraction of sp³-hybridized carbons (Fsp3) is 0.136. The van der Waals surface area contributed by atoms with Crippen LogP contribution in [0.5, 0.6) is 0 Å². The number of hydrogen-bond acceptors (Lipinski definition) is 3. The van der Waals surface area contributed by atoms with E-state index in [1.165, 1.54) is 36.4 Å². The zero-order chi connectivity index (χ0) is 24.3. The molecule has 0 aliphatic carbocycles. The minimum atomic E-state index is -4.19. The van der Waals surface area contributed by atoms with Gasteiger partial charge in [-0.15, -0.1) is 0 Å². The molecule has 0 spiro atoms. The smallest absolute Gasteiger partial charge is 0.243 e. The van der Waals surface area contributed by atoms with E-state index in [4.69, 9.17) is 46.4 Å². The molecule has 0 heterocycles. The van der Waals surface area contributed by atoms with E-state index in [-0.39, 0.29) is 36.2 Å². The number of nitrogens with zero attached hydrogens (tertiary/aromatic N) is 1. The second-order valence-corrected chi connectivity index (χ2v) is 10.6. The summed E-state index contributed by atoms with van der Waals surface area (Å²) in [6, 6.07) is 12.8. The number of amides is 1. The van der Waals surface area contributed by atoms with Crippen molar-refractivity contribution in [2.24, 2.45) is 0 Å². The molecule has 5 nitrogen and oxygen atoms in total. The number of hydrogen-bond donors (Lipinski definition) is 1. The Morgan fingerprint density at radius 1 is 0.939 bits per heavy atom. The van der Waals surface area contributed by atoms with Crippen molar-refractivity contribution >= 4 is 68.0 Å². The molecule has 0 aliphatic heterocycles. The molecule has 174 valence electrons. The van der Waals surface area contributed by atoms with Crippen LogP contribution in [0.4, 0.5) is 10.1 Å². The molecular weight excluding hydrogens is 533 g/mol. The first kappa shape index (κ1) is 25.7. The fourth-order valence-electron chi connectivity index (χ4n) is 2.91. The average Bonchev–Trinajstić information content (AvgIpc) is 2.74. The highest BCUT2D eigenvalue weighted by Crippen LogP contribution is 2.32. The van der Waals surface area contributed by atoms with E-state index in [2.05, 4.69) is 5.32 Å². The highest BCUT2D eigenvalue weighted by molar-refractivity contribution is 7.89. The van der Waals surface area contributed by atoms with Crippen LogP contribution in [0.25, 0.3) is 0 Å². The van der Waals surface area contributed by atoms with Crippen molar-refractivity contribution in [1.29, 1.82) is 0 Å². The van der Waals surface area contributed by atoms with Crippen LogP contribution in [0.1, 0.15) is 11.1 Å². The normalized spacial score (nSPS) is 11.6. The van der Waals surface area contributed by atoms with Crippen LogP contribution in [0.2, 0.25) is 20.1 Å². The maximum Gasteiger partial charge on any atom is 0.243 e. The van der Waals surface area contributed by atoms with Gasteiger partial charge in [-0.05, 0) is 43.3 Å². The topological polar surface area (TPSA) is 66.5 Å². The first-order valence-electron chi connectivity index (χ1n) is 9.43. The van der Waals surface area contributed by atoms with Crippen LogP contribution >= 0.6 is 46.4 Å². The number of carbonyl (C=O) groups excluding carboxylic acids is 1. The van der Waals surface area contributed by atoms with Crippen molar-refractivity contribution in [3.63, 3.8) is 0 Å². The Balaban J connectivity index is 1.95. The van der Waals surface area contributed by atoms with Gasteiger partial charge in [0.1, 0.15) is 5.82 Å². The summed E-state index contributed by atoms with van der Waals surface area (Å²) in [5, 5.41) is 3.00. The quantitative estimate of drug-likeness (QED) is 0.338. The van der Waals surface area contributed by atoms with Crippen molar-refractivity contribution in [2.45, 2.75) is 18.4 Å². The summed E-state index contributed by atoms with van der Waals surface area (Å²) in [5.74, 6) is -1.42. The molecule has 0 saturated carbocycles. The van der Waals surface area contributed by atoms with Crippen molar-refractivity contribution < 1.29 is 17.6 Å². The lowest BCUT2D eigenvalue weighted by atomic mass is 10.2. The van der Waals surface area contributed by atoms with Gasteiger partial charge in [0.05, 0.1) is 32.2 Å². The maximum absolute atomic E-state index is 14.4. The monoisotopic (exact) mass is 548 g/mol. The van der Waals surface area contributed by atoms with Crippen LogP contribution in [0.3, 0.4) is 0 Å². The van der Waals surface area contributed by atoms with Gasteiger partial charge < -0.3 is 5.32 Å². The van der Waals surface area contributed by atoms with Gasteiger partial charge in [0.2, 0.25) is 15.9 Å². The predicted octanol–water partition coefficient (Wildman–Crippen LogP) is 6.58. The lowest BCUT2D eigenvalue weighted by Crippen LogP contribution is -2.38. The molecule has 0 radical (unpaired) electrons. The van der Waals surface area contributed by atoms with Gasteiger partial charge in [-0.25, -0.2) is 12.8 Å². The van der Waals surface area contributed by atoms with Crippen molar-refractivity contribution in [1.82, 2.24) is 4.31 Å². The molecule has 3 aromatic carbocycles. The third-order valence-electron chi connectivity index (χ3n) is 4.66. The number of sulfonamides is 1. The van der Waals surface area contributed by atoms with Crippen LogP contribution in [-0.2, 0) is 21.4 Å². The Morgan fingerprint density at radius 2 is 1.58 bits per heavy atom. The van der Waals surface area contributed by atoms with Gasteiger partial charge in [-0.1, -0.05) is 70.2 Å². The predicted molar refractivity (Wildman–Crippen MR) is 130 cm³/mol. The van der Waals surface area contributed by atoms with Crippen molar-refractivity contribution in [3.8, 4) is 0 Å². The molecule has 0 unspecified atom stereocenters. The van der Waals surface area contributed by atoms with Gasteiger partial charge in [0.15, 0.2) is 0 Å². The zero-order valence-electron chi connectivity index (χ0n) is 17.1. The largest absolute Gasteiger partial charge is 0.324 e. The summed E-state index contributed by atoms with van der Waals surface area (Å²) in [5.41, 5.74) is 0.938. The number of benzene rings is 3. The standard InChI is InChI=1S/C22H17Cl4FN2O3S/c1-13-5-7-14(8-6-13)33(31,32)29(11-15-16(23)3-2-4-20(15)27)12-22(30)28-21-10-18(25)17(24)9-19(21)26/h2-10H,11-12H2,1H3,(H,28,30). The number of halogens is 5. The molecule has 11 heteroatoms. The number of aryl methyl sites for hydroxylation is 1. The summed E-state index contributed by atoms with van der Waals surface area (Å²) in [7, 11) is -4.19. The molecule has 0 bridgehead atoms. The van der Waals surface area contributed by atoms with E-state index in [1.54, 1.807) is 12.1 Å². The van der Waals surface area contributed by atoms with Crippen LogP contribution in [0.15, 0.2) is 59.5 Å². The molecule has 1 N–H and O–H groups in total. The van der Waals surface area contributed by atoms with Gasteiger partial charge in [-0.2, -0.15) is 4.31 Å². The first-order valence-corrected chi connectivity index (χ1v) is 12.4. The van der Waals surface area contributed by atoms with Crippen molar-refractivity contribution in [2.75, 3.05) is 11.9 Å². The minimum Gasteiger partial charge on any atom is -0.324 e. The van der Waals surface area contributed by atoms with E-state index in [9.17, 15) is 17.6 Å².